The highest BCUT2D eigenvalue weighted by Gasteiger charge is 2.47. The molecule has 0 aromatic carbocycles. The van der Waals surface area contributed by atoms with Crippen molar-refractivity contribution in [2.24, 2.45) is 0 Å². The fourth-order valence-corrected chi connectivity index (χ4v) is 10.6. The molecule has 9 amide bonds. The third-order valence-corrected chi connectivity index (χ3v) is 16.4. The minimum atomic E-state index is -1.81. The topological polar surface area (TPSA) is 628 Å². The summed E-state index contributed by atoms with van der Waals surface area (Å²) in [5.74, 6) is -8.40. The predicted octanol–water partition coefficient (Wildman–Crippen LogP) is -13.1. The summed E-state index contributed by atoms with van der Waals surface area (Å²) in [6.07, 6.45) is -32.0. The van der Waals surface area contributed by atoms with Crippen molar-refractivity contribution in [3.63, 3.8) is 0 Å². The van der Waals surface area contributed by atoms with Crippen molar-refractivity contribution >= 4 is 59.1 Å². The molecule has 5 aliphatic rings. The number of hydroxylamine groups is 2. The van der Waals surface area contributed by atoms with Crippen LogP contribution in [0.15, 0.2) is 0 Å². The number of imide groups is 1. The Balaban J connectivity index is 1.28. The summed E-state index contributed by atoms with van der Waals surface area (Å²) in [5.41, 5.74) is 0. The lowest BCUT2D eigenvalue weighted by atomic mass is 9.99. The van der Waals surface area contributed by atoms with Crippen molar-refractivity contribution in [2.75, 3.05) is 92.0 Å². The zero-order valence-corrected chi connectivity index (χ0v) is 55.1. The van der Waals surface area contributed by atoms with Crippen molar-refractivity contribution in [3.8, 4) is 0 Å². The van der Waals surface area contributed by atoms with Gasteiger partial charge in [0.05, 0.1) is 71.5 Å². The number of unbranched alkanes of at least 4 members (excludes halogenated alkanes) is 2. The summed E-state index contributed by atoms with van der Waals surface area (Å²) in [6.45, 7) is -3.91. The maximum atomic E-state index is 14.1. The van der Waals surface area contributed by atoms with E-state index in [0.29, 0.717) is 11.5 Å². The highest BCUT2D eigenvalue weighted by atomic mass is 16.7. The SMILES string of the molecule is C[C@@H]1O[C@@H](OCCNC(=O)CC[C@H](NC(=O)CN(CC(=O)NCCCCCC(=O)ON2C(=O)CCC2=O)CC(=O)N[C@@H](CCC(=O)NCCO[C@H]2O[C@H](CO)[C@@H](O)[C@H](O)[C@@H]2O)C(=O)NCCO[C@H]2O[C@H](CO)[C@@H](O)[C@H](O)[C@@H]2O)C(=O)NCCO[C@@H]2O[C@@H](C)[C@@H](O)[C@@H](O)[C@@H]2O)[C@@H](O)[C@H](O)[C@@H]1O. The Morgan fingerprint density at radius 1 is 0.430 bits per heavy atom. The second-order valence-electron chi connectivity index (χ2n) is 24.2. The molecule has 0 aliphatic carbocycles. The van der Waals surface area contributed by atoms with Gasteiger partial charge in [-0.2, -0.15) is 0 Å². The van der Waals surface area contributed by atoms with Crippen molar-refractivity contribution in [1.82, 2.24) is 47.2 Å². The number of aliphatic hydroxyl groups excluding tert-OH is 14. The number of nitrogens with zero attached hydrogens (tertiary/aromatic N) is 2. The molecular formula is C58H97N9O33. The van der Waals surface area contributed by atoms with Crippen molar-refractivity contribution in [3.05, 3.63) is 0 Å². The number of hydrogen-bond donors (Lipinski definition) is 21. The van der Waals surface area contributed by atoms with E-state index in [2.05, 4.69) is 37.2 Å². The third kappa shape index (κ3) is 26.4. The molecule has 5 heterocycles. The van der Waals surface area contributed by atoms with Crippen LogP contribution in [-0.2, 0) is 90.7 Å². The first-order valence-electron chi connectivity index (χ1n) is 32.7. The molecule has 100 heavy (non-hydrogen) atoms. The summed E-state index contributed by atoms with van der Waals surface area (Å²) >= 11 is 0. The minimum absolute atomic E-state index is 0.0379. The average molecular weight is 1450 g/mol. The number of rotatable bonds is 41. The molecule has 0 aromatic rings. The molecule has 0 radical (unpaired) electrons. The lowest BCUT2D eigenvalue weighted by Crippen LogP contribution is -2.59. The van der Waals surface area contributed by atoms with Crippen LogP contribution in [0.25, 0.3) is 0 Å². The molecule has 5 fully saturated rings. The Morgan fingerprint density at radius 3 is 1.17 bits per heavy atom. The number of amides is 9. The molecule has 42 heteroatoms. The van der Waals surface area contributed by atoms with Crippen LogP contribution >= 0.6 is 0 Å². The van der Waals surface area contributed by atoms with Gasteiger partial charge in [-0.25, -0.2) is 4.79 Å². The molecule has 0 bridgehead atoms. The summed E-state index contributed by atoms with van der Waals surface area (Å²) in [4.78, 5) is 138. The maximum absolute atomic E-state index is 14.1. The summed E-state index contributed by atoms with van der Waals surface area (Å²) in [6, 6.07) is -3.20. The standard InChI is InChI=1S/C58H97N9O33/c1-27-41(78)45(82)49(86)55(96-27)92-18-14-60-33(70)9-7-29(53(90)62-16-20-93-56-50(87)46(83)42(79)28(2)97-56)64-36(73)23-66(22-35(72)59-13-5-3-4-6-40(77)100-67-38(75)11-12-39(67)76)24-37(74)65-30(54(91)63-17-21-95-58-52(89)48(85)44(81)32(26-69)99-58)8-10-34(71)61-15-19-94-57-51(88)47(84)43(80)31(25-68)98-57/h27-32,41-52,55-58,68-69,78-89H,3-26H2,1-2H3,(H,59,72)(H,60,70)(H,61,71)(H,62,90)(H,63,91)(H,64,73)(H,65,74)/t27-,28-,29-,30-,31+,32+,41+,42+,43+,44+,45+,46+,47-,48-,49-,50-,51-,52-,55+,56+,57-,58-/m0/s1. The Bertz CT molecular complexity index is 2620. The van der Waals surface area contributed by atoms with Crippen LogP contribution in [0.4, 0.5) is 0 Å². The Kier molecular flexibility index (Phi) is 36.0. The highest BCUT2D eigenvalue weighted by molar-refractivity contribution is 6.01. The molecule has 42 nitrogen and oxygen atoms in total. The molecule has 22 atom stereocenters. The predicted molar refractivity (Wildman–Crippen MR) is 326 cm³/mol. The van der Waals surface area contributed by atoms with Gasteiger partial charge in [0.1, 0.15) is 97.5 Å². The fourth-order valence-electron chi connectivity index (χ4n) is 10.6. The number of aliphatic hydroxyl groups is 14. The quantitative estimate of drug-likeness (QED) is 0.0200. The zero-order chi connectivity index (χ0) is 73.9. The number of carbonyl (C=O) groups is 10. The van der Waals surface area contributed by atoms with E-state index in [9.17, 15) is 119 Å². The molecule has 0 unspecified atom stereocenters. The Hall–Kier alpha value is -6.02. The smallest absolute Gasteiger partial charge is 0.333 e. The Labute approximate surface area is 572 Å². The molecule has 0 aromatic heterocycles. The van der Waals surface area contributed by atoms with Gasteiger partial charge in [0, 0.05) is 64.8 Å². The normalized spacial score (nSPS) is 31.4. The lowest BCUT2D eigenvalue weighted by molar-refractivity contribution is -0.300. The van der Waals surface area contributed by atoms with Gasteiger partial charge in [-0.05, 0) is 39.5 Å². The van der Waals surface area contributed by atoms with E-state index in [1.165, 1.54) is 13.8 Å². The first-order chi connectivity index (χ1) is 47.5. The molecule has 5 rings (SSSR count). The van der Waals surface area contributed by atoms with Crippen LogP contribution in [-0.4, -0.2) is 367 Å². The van der Waals surface area contributed by atoms with Gasteiger partial charge in [0.25, 0.3) is 11.8 Å². The van der Waals surface area contributed by atoms with E-state index in [1.54, 1.807) is 0 Å². The van der Waals surface area contributed by atoms with Crippen molar-refractivity contribution in [1.29, 1.82) is 0 Å². The second kappa shape index (κ2) is 42.5. The zero-order valence-electron chi connectivity index (χ0n) is 55.1. The third-order valence-electron chi connectivity index (χ3n) is 16.4. The van der Waals surface area contributed by atoms with E-state index >= 15 is 0 Å². The number of ether oxygens (including phenoxy) is 8. The highest BCUT2D eigenvalue weighted by Crippen LogP contribution is 2.26. The lowest BCUT2D eigenvalue weighted by Gasteiger charge is -2.39. The maximum Gasteiger partial charge on any atom is 0.333 e. The monoisotopic (exact) mass is 1450 g/mol. The fraction of sp³-hybridized carbons (Fsp3) is 0.828. The molecule has 0 saturated carbocycles. The molecule has 0 spiro atoms. The van der Waals surface area contributed by atoms with Gasteiger partial charge in [0.2, 0.25) is 41.4 Å². The van der Waals surface area contributed by atoms with Crippen LogP contribution < -0.4 is 37.2 Å². The van der Waals surface area contributed by atoms with E-state index in [-0.39, 0.29) is 78.1 Å². The van der Waals surface area contributed by atoms with Crippen LogP contribution in [0, 0.1) is 0 Å². The average Bonchev–Trinajstić information content (AvgIpc) is 1.16. The number of carbonyl (C=O) groups excluding carboxylic acids is 10. The van der Waals surface area contributed by atoms with E-state index in [1.807, 2.05) is 0 Å². The van der Waals surface area contributed by atoms with Gasteiger partial charge in [-0.3, -0.25) is 48.1 Å². The van der Waals surface area contributed by atoms with Crippen LogP contribution in [0.2, 0.25) is 0 Å². The summed E-state index contributed by atoms with van der Waals surface area (Å²) in [5, 5.41) is 159. The molecule has 572 valence electrons. The van der Waals surface area contributed by atoms with Crippen molar-refractivity contribution < 1.29 is 162 Å². The van der Waals surface area contributed by atoms with Crippen LogP contribution in [0.3, 0.4) is 0 Å². The van der Waals surface area contributed by atoms with E-state index in [4.69, 9.17) is 42.7 Å². The first kappa shape index (κ1) is 84.6. The van der Waals surface area contributed by atoms with E-state index < -0.39 is 266 Å². The minimum Gasteiger partial charge on any atom is -0.394 e. The van der Waals surface area contributed by atoms with Gasteiger partial charge in [0.15, 0.2) is 25.2 Å². The summed E-state index contributed by atoms with van der Waals surface area (Å²) in [7, 11) is 0. The molecule has 5 saturated heterocycles. The van der Waals surface area contributed by atoms with Crippen LogP contribution in [0.1, 0.15) is 78.1 Å². The van der Waals surface area contributed by atoms with Gasteiger partial charge in [-0.15, -0.1) is 5.06 Å². The molecule has 21 N–H and O–H groups in total. The molecule has 5 aliphatic heterocycles. The Morgan fingerprint density at radius 2 is 0.780 bits per heavy atom. The number of nitrogens with one attached hydrogen (secondary N) is 7. The summed E-state index contributed by atoms with van der Waals surface area (Å²) < 4.78 is 43.2. The largest absolute Gasteiger partial charge is 0.394 e. The van der Waals surface area contributed by atoms with Crippen molar-refractivity contribution in [2.45, 2.75) is 213 Å². The van der Waals surface area contributed by atoms with Gasteiger partial charge < -0.3 is 151 Å². The first-order valence-corrected chi connectivity index (χ1v) is 32.7. The second-order valence-corrected chi connectivity index (χ2v) is 24.2. The van der Waals surface area contributed by atoms with Gasteiger partial charge >= 0.3 is 5.97 Å². The van der Waals surface area contributed by atoms with Gasteiger partial charge in [-0.1, -0.05) is 6.42 Å². The number of hydrogen-bond acceptors (Lipinski definition) is 34. The molecular weight excluding hydrogens is 1350 g/mol. The van der Waals surface area contributed by atoms with E-state index in [0.717, 1.165) is 4.90 Å². The van der Waals surface area contributed by atoms with Crippen LogP contribution in [0.5, 0.6) is 0 Å².